The number of hydrogen-bond acceptors (Lipinski definition) is 0. The van der Waals surface area contributed by atoms with Crippen LogP contribution in [0.25, 0.3) is 0 Å². The Bertz CT molecular complexity index is 9.22. The summed E-state index contributed by atoms with van der Waals surface area (Å²) in [5.41, 5.74) is 0. The predicted molar refractivity (Wildman–Crippen MR) is 30.0 cm³/mol. The molecule has 0 unspecified atom stereocenters. The Hall–Kier alpha value is 0.680. The summed E-state index contributed by atoms with van der Waals surface area (Å²) in [4.78, 5) is 0. The van der Waals surface area contributed by atoms with Crippen LogP contribution in [0.15, 0.2) is 0 Å². The van der Waals surface area contributed by atoms with Crippen molar-refractivity contribution in [2.75, 3.05) is 0 Å². The van der Waals surface area contributed by atoms with Gasteiger partial charge in [0.15, 0.2) is 0 Å². The molecule has 66 valence electrons. The molecule has 0 heterocycles. The molecule has 0 fully saturated rings. The van der Waals surface area contributed by atoms with Crippen LogP contribution in [-0.4, -0.2) is 43.8 Å². The molecule has 0 saturated carbocycles. The summed E-state index contributed by atoms with van der Waals surface area (Å²) < 4.78 is 0. The van der Waals surface area contributed by atoms with Crippen LogP contribution in [0.2, 0.25) is 0 Å². The number of hydrogen-bond donors (Lipinski definition) is 0. The fraction of sp³-hybridized carbons (Fsp3) is 0. The molecule has 0 radical (unpaired) electrons. The zero-order valence-corrected chi connectivity index (χ0v) is 7.00. The Morgan fingerprint density at radius 1 is 0.333 bits per heavy atom. The van der Waals surface area contributed by atoms with Gasteiger partial charge in [-0.1, -0.05) is 0 Å². The molecule has 0 atom stereocenters. The van der Waals surface area contributed by atoms with Crippen LogP contribution in [0.1, 0.15) is 1.43 Å². The fourth-order valence-corrected chi connectivity index (χ4v) is 0. The van der Waals surface area contributed by atoms with Gasteiger partial charge in [-0.3, -0.25) is 0 Å². The Kier molecular flexibility index (Phi) is 194000. The van der Waals surface area contributed by atoms with Gasteiger partial charge in [-0.25, -0.2) is 0 Å². The van der Waals surface area contributed by atoms with Gasteiger partial charge in [0.1, 0.15) is 0 Å². The van der Waals surface area contributed by atoms with E-state index in [-0.39, 0.29) is 74.8 Å². The van der Waals surface area contributed by atoms with Crippen molar-refractivity contribution < 1.29 is 74.8 Å². The molecule has 0 spiro atoms. The van der Waals surface area contributed by atoms with E-state index in [0.717, 1.165) is 0 Å². The van der Waals surface area contributed by atoms with E-state index < -0.39 is 0 Å². The van der Waals surface area contributed by atoms with Crippen LogP contribution >= 0.6 is 0 Å². The van der Waals surface area contributed by atoms with Crippen molar-refractivity contribution in [2.24, 2.45) is 0 Å². The van der Waals surface area contributed by atoms with Gasteiger partial charge in [0.2, 0.25) is 0 Å². The minimum atomic E-state index is 0. The minimum absolute atomic E-state index is 0. The summed E-state index contributed by atoms with van der Waals surface area (Å²) in [6.07, 6.45) is 0. The molecule has 9 heteroatoms. The van der Waals surface area contributed by atoms with Crippen LogP contribution in [0.5, 0.6) is 0 Å². The Morgan fingerprint density at radius 2 is 0.333 bits per heavy atom. The second-order valence-electron chi connectivity index (χ2n) is 0. The van der Waals surface area contributed by atoms with Crippen molar-refractivity contribution in [3.05, 3.63) is 0 Å². The maximum atomic E-state index is 0. The first-order valence-electron chi connectivity index (χ1n) is 0. The van der Waals surface area contributed by atoms with Crippen LogP contribution < -0.4 is 29.6 Å². The minimum Gasteiger partial charge on any atom is -1.00 e. The second-order valence-corrected chi connectivity index (χ2v) is 0. The summed E-state index contributed by atoms with van der Waals surface area (Å²) in [5, 5.41) is 0. The Morgan fingerprint density at radius 3 is 0.333 bits per heavy atom. The first-order chi connectivity index (χ1) is 0. The molecular formula is H17NaO8. The molecule has 0 aromatic rings. The number of rotatable bonds is 0. The average molecular weight is 168 g/mol. The van der Waals surface area contributed by atoms with Gasteiger partial charge in [0, 0.05) is 0 Å². The van der Waals surface area contributed by atoms with Gasteiger partial charge in [-0.2, -0.15) is 0 Å². The molecule has 0 aliphatic carbocycles. The van der Waals surface area contributed by atoms with E-state index >= 15 is 0 Å². The van der Waals surface area contributed by atoms with E-state index in [4.69, 9.17) is 0 Å². The van der Waals surface area contributed by atoms with Gasteiger partial charge in [-0.15, -0.1) is 0 Å². The smallest absolute Gasteiger partial charge is 1.00 e. The third kappa shape index (κ3) is 838. The molecule has 0 amide bonds. The molecule has 0 aromatic heterocycles. The molecule has 0 rings (SSSR count). The topological polar surface area (TPSA) is 252 Å². The van der Waals surface area contributed by atoms with Gasteiger partial charge >= 0.3 is 29.6 Å². The molecular weight excluding hydrogens is 151 g/mol. The summed E-state index contributed by atoms with van der Waals surface area (Å²) in [6.45, 7) is 0. The molecule has 0 aromatic carbocycles. The third-order valence-electron chi connectivity index (χ3n) is 0. The SMILES string of the molecule is O.O.O.O.O.O.O.O.[H-].[Na+]. The first kappa shape index (κ1) is 1580. The van der Waals surface area contributed by atoms with Crippen LogP contribution in [0, 0.1) is 0 Å². The van der Waals surface area contributed by atoms with Gasteiger partial charge in [0.05, 0.1) is 0 Å². The van der Waals surface area contributed by atoms with Crippen molar-refractivity contribution in [2.45, 2.75) is 0 Å². The fourth-order valence-electron chi connectivity index (χ4n) is 0. The van der Waals surface area contributed by atoms with E-state index in [9.17, 15) is 0 Å². The van der Waals surface area contributed by atoms with Crippen molar-refractivity contribution in [3.63, 3.8) is 0 Å². The zero-order valence-electron chi connectivity index (χ0n) is 6.00. The van der Waals surface area contributed by atoms with Crippen LogP contribution in [-0.2, 0) is 0 Å². The molecule has 9 heavy (non-hydrogen) atoms. The largest absolute Gasteiger partial charge is 1.00 e. The normalized spacial score (nSPS) is 0. The predicted octanol–water partition coefficient (Wildman–Crippen LogP) is -9.48. The molecule has 0 aliphatic heterocycles. The molecule has 8 nitrogen and oxygen atoms in total. The maximum absolute atomic E-state index is 0. The van der Waals surface area contributed by atoms with Crippen LogP contribution in [0.3, 0.4) is 0 Å². The Balaban J connectivity index is 0. The second kappa shape index (κ2) is 1110. The van der Waals surface area contributed by atoms with Crippen LogP contribution in [0.4, 0.5) is 0 Å². The Labute approximate surface area is 75.1 Å². The maximum Gasteiger partial charge on any atom is 1.00 e. The molecule has 16 N–H and O–H groups in total. The van der Waals surface area contributed by atoms with E-state index in [0.29, 0.717) is 0 Å². The van der Waals surface area contributed by atoms with Gasteiger partial charge in [-0.05, 0) is 0 Å². The van der Waals surface area contributed by atoms with Crippen molar-refractivity contribution in [1.29, 1.82) is 0 Å². The van der Waals surface area contributed by atoms with E-state index in [2.05, 4.69) is 0 Å². The first-order valence-corrected chi connectivity index (χ1v) is 0. The van der Waals surface area contributed by atoms with E-state index in [1.54, 1.807) is 0 Å². The standard InChI is InChI=1S/Na.8H2O.H/h;8*1H2;/q+1;;;;;;;;;-1. The van der Waals surface area contributed by atoms with Crippen molar-refractivity contribution in [1.82, 2.24) is 0 Å². The van der Waals surface area contributed by atoms with Gasteiger partial charge < -0.3 is 45.2 Å². The monoisotopic (exact) mass is 168 g/mol. The average Bonchev–Trinajstić information content (AvgIpc) is 0. The quantitative estimate of drug-likeness (QED) is 0.305. The summed E-state index contributed by atoms with van der Waals surface area (Å²) in [5.74, 6) is 0. The van der Waals surface area contributed by atoms with E-state index in [1.807, 2.05) is 0 Å². The molecule has 0 aliphatic rings. The van der Waals surface area contributed by atoms with Crippen molar-refractivity contribution in [3.8, 4) is 0 Å². The summed E-state index contributed by atoms with van der Waals surface area (Å²) >= 11 is 0. The molecule has 0 bridgehead atoms. The third-order valence-corrected chi connectivity index (χ3v) is 0. The zero-order chi connectivity index (χ0) is 0. The summed E-state index contributed by atoms with van der Waals surface area (Å²) in [7, 11) is 0. The van der Waals surface area contributed by atoms with Crippen molar-refractivity contribution >= 4 is 0 Å². The van der Waals surface area contributed by atoms with Gasteiger partial charge in [0.25, 0.3) is 0 Å². The summed E-state index contributed by atoms with van der Waals surface area (Å²) in [6, 6.07) is 0. The molecule has 0 saturated heterocycles. The van der Waals surface area contributed by atoms with E-state index in [1.165, 1.54) is 0 Å².